The standard InChI is InChI=1S/C18H30N2O3/c1-18(2,3)23-17(21)19-16(15-10-8-7-9-11-15)14-20(4,5)12-13-22-6/h7-11,16H,12-14H2,1-6H3/p+1/t16-/m0/s1. The van der Waals surface area contributed by atoms with E-state index in [1.165, 1.54) is 0 Å². The van der Waals surface area contributed by atoms with E-state index < -0.39 is 11.7 Å². The van der Waals surface area contributed by atoms with Crippen molar-refractivity contribution in [3.63, 3.8) is 0 Å². The van der Waals surface area contributed by atoms with E-state index in [1.54, 1.807) is 7.11 Å². The van der Waals surface area contributed by atoms with Crippen molar-refractivity contribution in [1.29, 1.82) is 0 Å². The lowest BCUT2D eigenvalue weighted by Gasteiger charge is -2.34. The van der Waals surface area contributed by atoms with Gasteiger partial charge in [-0.05, 0) is 26.3 Å². The van der Waals surface area contributed by atoms with Crippen LogP contribution in [0.1, 0.15) is 32.4 Å². The van der Waals surface area contributed by atoms with E-state index in [0.29, 0.717) is 6.61 Å². The molecule has 130 valence electrons. The third kappa shape index (κ3) is 8.00. The lowest BCUT2D eigenvalue weighted by Crippen LogP contribution is -2.49. The highest BCUT2D eigenvalue weighted by Crippen LogP contribution is 2.18. The molecule has 0 fully saturated rings. The zero-order valence-electron chi connectivity index (χ0n) is 15.3. The number of quaternary nitrogens is 1. The number of amides is 1. The highest BCUT2D eigenvalue weighted by molar-refractivity contribution is 5.68. The second-order valence-electron chi connectivity index (χ2n) is 7.44. The summed E-state index contributed by atoms with van der Waals surface area (Å²) in [5, 5.41) is 3.00. The molecular formula is C18H31N2O3+. The fourth-order valence-electron chi connectivity index (χ4n) is 2.29. The summed E-state index contributed by atoms with van der Waals surface area (Å²) in [6.45, 7) is 7.90. The van der Waals surface area contributed by atoms with Gasteiger partial charge < -0.3 is 19.3 Å². The number of benzene rings is 1. The molecule has 1 N–H and O–H groups in total. The van der Waals surface area contributed by atoms with Crippen LogP contribution in [0.3, 0.4) is 0 Å². The molecule has 0 unspecified atom stereocenters. The Morgan fingerprint density at radius 1 is 1.22 bits per heavy atom. The zero-order chi connectivity index (χ0) is 17.5. The normalized spacial score (nSPS) is 13.5. The number of rotatable bonds is 7. The summed E-state index contributed by atoms with van der Waals surface area (Å²) < 4.78 is 11.3. The number of hydrogen-bond acceptors (Lipinski definition) is 3. The van der Waals surface area contributed by atoms with E-state index in [2.05, 4.69) is 19.4 Å². The molecule has 1 amide bonds. The first-order valence-corrected chi connectivity index (χ1v) is 7.98. The summed E-state index contributed by atoms with van der Waals surface area (Å²) in [4.78, 5) is 12.2. The quantitative estimate of drug-likeness (QED) is 0.785. The van der Waals surface area contributed by atoms with Gasteiger partial charge in [-0.3, -0.25) is 0 Å². The van der Waals surface area contributed by atoms with Crippen LogP contribution < -0.4 is 5.32 Å². The van der Waals surface area contributed by atoms with Gasteiger partial charge in [-0.15, -0.1) is 0 Å². The molecule has 5 nitrogen and oxygen atoms in total. The second-order valence-corrected chi connectivity index (χ2v) is 7.44. The van der Waals surface area contributed by atoms with Crippen LogP contribution >= 0.6 is 0 Å². The number of carbonyl (C=O) groups excluding carboxylic acids is 1. The van der Waals surface area contributed by atoms with E-state index >= 15 is 0 Å². The molecule has 0 aromatic heterocycles. The molecule has 0 saturated carbocycles. The molecule has 0 radical (unpaired) electrons. The summed E-state index contributed by atoms with van der Waals surface area (Å²) in [6.07, 6.45) is -0.391. The Morgan fingerprint density at radius 3 is 2.35 bits per heavy atom. The van der Waals surface area contributed by atoms with Crippen molar-refractivity contribution in [2.75, 3.05) is 40.9 Å². The number of nitrogens with zero attached hydrogens (tertiary/aromatic N) is 1. The number of ether oxygens (including phenoxy) is 2. The van der Waals surface area contributed by atoms with Crippen molar-refractivity contribution in [3.8, 4) is 0 Å². The average molecular weight is 323 g/mol. The van der Waals surface area contributed by atoms with Crippen molar-refractivity contribution in [3.05, 3.63) is 35.9 Å². The van der Waals surface area contributed by atoms with Crippen LogP contribution in [-0.2, 0) is 9.47 Å². The van der Waals surface area contributed by atoms with Crippen molar-refractivity contribution < 1.29 is 18.8 Å². The second kappa shape index (κ2) is 8.31. The van der Waals surface area contributed by atoms with Crippen LogP contribution in [0.15, 0.2) is 30.3 Å². The monoisotopic (exact) mass is 323 g/mol. The Morgan fingerprint density at radius 2 is 1.83 bits per heavy atom. The predicted molar refractivity (Wildman–Crippen MR) is 92.3 cm³/mol. The Kier molecular flexibility index (Phi) is 7.03. The van der Waals surface area contributed by atoms with Gasteiger partial charge in [0.15, 0.2) is 0 Å². The first-order valence-electron chi connectivity index (χ1n) is 7.98. The molecule has 0 spiro atoms. The van der Waals surface area contributed by atoms with Crippen molar-refractivity contribution in [2.24, 2.45) is 0 Å². The van der Waals surface area contributed by atoms with Crippen LogP contribution in [0.5, 0.6) is 0 Å². The minimum atomic E-state index is -0.508. The topological polar surface area (TPSA) is 47.6 Å². The van der Waals surface area contributed by atoms with Gasteiger partial charge in [-0.25, -0.2) is 4.79 Å². The van der Waals surface area contributed by atoms with Gasteiger partial charge in [-0.2, -0.15) is 0 Å². The van der Waals surface area contributed by atoms with Gasteiger partial charge in [0.05, 0.1) is 20.7 Å². The molecule has 0 bridgehead atoms. The van der Waals surface area contributed by atoms with Crippen LogP contribution in [0.25, 0.3) is 0 Å². The lowest BCUT2D eigenvalue weighted by molar-refractivity contribution is -0.892. The molecule has 5 heteroatoms. The summed E-state index contributed by atoms with van der Waals surface area (Å²) in [7, 11) is 5.96. The highest BCUT2D eigenvalue weighted by Gasteiger charge is 2.26. The maximum absolute atomic E-state index is 12.2. The van der Waals surface area contributed by atoms with Gasteiger partial charge in [0.1, 0.15) is 24.7 Å². The van der Waals surface area contributed by atoms with Gasteiger partial charge >= 0.3 is 6.09 Å². The molecule has 0 aliphatic rings. The van der Waals surface area contributed by atoms with E-state index in [4.69, 9.17) is 9.47 Å². The summed E-state index contributed by atoms with van der Waals surface area (Å²) >= 11 is 0. The maximum atomic E-state index is 12.2. The maximum Gasteiger partial charge on any atom is 0.408 e. The fourth-order valence-corrected chi connectivity index (χ4v) is 2.29. The fraction of sp³-hybridized carbons (Fsp3) is 0.611. The van der Waals surface area contributed by atoms with E-state index in [0.717, 1.165) is 23.1 Å². The smallest absolute Gasteiger partial charge is 0.408 e. The minimum absolute atomic E-state index is 0.113. The molecule has 23 heavy (non-hydrogen) atoms. The molecular weight excluding hydrogens is 292 g/mol. The molecule has 0 heterocycles. The van der Waals surface area contributed by atoms with Gasteiger partial charge in [-0.1, -0.05) is 30.3 Å². The Balaban J connectivity index is 2.84. The van der Waals surface area contributed by atoms with Crippen LogP contribution in [0.2, 0.25) is 0 Å². The van der Waals surface area contributed by atoms with Crippen LogP contribution in [0, 0.1) is 0 Å². The summed E-state index contributed by atoms with van der Waals surface area (Å²) in [6, 6.07) is 9.87. The number of hydrogen-bond donors (Lipinski definition) is 1. The average Bonchev–Trinajstić information content (AvgIpc) is 2.43. The number of methoxy groups -OCH3 is 1. The first-order chi connectivity index (χ1) is 10.6. The summed E-state index contributed by atoms with van der Waals surface area (Å²) in [5.74, 6) is 0. The predicted octanol–water partition coefficient (Wildman–Crippen LogP) is 2.98. The van der Waals surface area contributed by atoms with Gasteiger partial charge in [0.2, 0.25) is 0 Å². The number of likely N-dealkylation sites (N-methyl/N-ethyl adjacent to an activating group) is 1. The zero-order valence-corrected chi connectivity index (χ0v) is 15.3. The molecule has 1 atom stereocenters. The molecule has 1 rings (SSSR count). The lowest BCUT2D eigenvalue weighted by atomic mass is 10.1. The largest absolute Gasteiger partial charge is 0.444 e. The van der Waals surface area contributed by atoms with Gasteiger partial charge in [0.25, 0.3) is 0 Å². The highest BCUT2D eigenvalue weighted by atomic mass is 16.6. The number of alkyl carbamates (subject to hydrolysis) is 1. The Bertz CT molecular complexity index is 481. The van der Waals surface area contributed by atoms with Crippen molar-refractivity contribution in [2.45, 2.75) is 32.4 Å². The molecule has 0 aliphatic carbocycles. The third-order valence-electron chi connectivity index (χ3n) is 3.47. The van der Waals surface area contributed by atoms with Crippen molar-refractivity contribution in [1.82, 2.24) is 5.32 Å². The molecule has 1 aromatic rings. The molecule has 0 saturated heterocycles. The number of nitrogens with one attached hydrogen (secondary N) is 1. The van der Waals surface area contributed by atoms with E-state index in [-0.39, 0.29) is 6.04 Å². The SMILES string of the molecule is COCC[N+](C)(C)C[C@H](NC(=O)OC(C)(C)C)c1ccccc1. The Hall–Kier alpha value is -1.59. The molecule has 1 aromatic carbocycles. The van der Waals surface area contributed by atoms with Crippen molar-refractivity contribution >= 4 is 6.09 Å². The minimum Gasteiger partial charge on any atom is -0.444 e. The van der Waals surface area contributed by atoms with E-state index in [9.17, 15) is 4.79 Å². The van der Waals surface area contributed by atoms with Crippen LogP contribution in [0.4, 0.5) is 4.79 Å². The molecule has 0 aliphatic heterocycles. The first kappa shape index (κ1) is 19.5. The summed E-state index contributed by atoms with van der Waals surface area (Å²) in [5.41, 5.74) is 0.563. The Labute approximate surface area is 140 Å². The third-order valence-corrected chi connectivity index (χ3v) is 3.47. The number of carbonyl (C=O) groups is 1. The van der Waals surface area contributed by atoms with E-state index in [1.807, 2.05) is 51.1 Å². The van der Waals surface area contributed by atoms with Gasteiger partial charge in [0, 0.05) is 7.11 Å². The van der Waals surface area contributed by atoms with Crippen LogP contribution in [-0.4, -0.2) is 57.1 Å².